The molecule has 0 radical (unpaired) electrons. The first-order valence-corrected chi connectivity index (χ1v) is 18.3. The van der Waals surface area contributed by atoms with Crippen LogP contribution in [0.1, 0.15) is 46.5 Å². The SMILES string of the molecule is COc1c(OCCCN2CC[C@@H](O)C2)cccc1-c1cccc(COc2cc(OCc3cncc(C#N)c3)c(CN(C)CCc3nn[nH]n3)cc2Cl)c1C. The second-order valence-electron chi connectivity index (χ2n) is 13.3. The maximum absolute atomic E-state index is 9.82. The normalized spacial score (nSPS) is 14.3. The summed E-state index contributed by atoms with van der Waals surface area (Å²) in [5.74, 6) is 3.08. The summed E-state index contributed by atoms with van der Waals surface area (Å²) in [6, 6.07) is 19.6. The van der Waals surface area contributed by atoms with Crippen LogP contribution in [0.25, 0.3) is 11.1 Å². The van der Waals surface area contributed by atoms with Crippen LogP contribution in [0, 0.1) is 18.3 Å². The van der Waals surface area contributed by atoms with Gasteiger partial charge in [0.25, 0.3) is 0 Å². The number of aliphatic hydroxyl groups excluding tert-OH is 1. The number of likely N-dealkylation sites (tertiary alicyclic amines) is 1. The van der Waals surface area contributed by atoms with Gasteiger partial charge in [-0.25, -0.2) is 0 Å². The molecule has 6 rings (SSSR count). The van der Waals surface area contributed by atoms with Crippen molar-refractivity contribution in [3.63, 3.8) is 0 Å². The minimum absolute atomic E-state index is 0.206. The molecule has 0 bridgehead atoms. The molecule has 0 unspecified atom stereocenters. The van der Waals surface area contributed by atoms with E-state index in [0.717, 1.165) is 65.9 Å². The molecule has 0 amide bonds. The second kappa shape index (κ2) is 18.7. The van der Waals surface area contributed by atoms with Crippen LogP contribution >= 0.6 is 11.6 Å². The maximum Gasteiger partial charge on any atom is 0.175 e. The number of nitrogens with zero attached hydrogens (tertiary/aromatic N) is 7. The number of aromatic amines is 1. The van der Waals surface area contributed by atoms with E-state index in [9.17, 15) is 10.4 Å². The van der Waals surface area contributed by atoms with E-state index in [2.05, 4.69) is 54.5 Å². The number of para-hydroxylation sites is 1. The smallest absolute Gasteiger partial charge is 0.175 e. The van der Waals surface area contributed by atoms with Crippen molar-refractivity contribution in [3.8, 4) is 40.2 Å². The molecule has 282 valence electrons. The number of aromatic nitrogens is 5. The number of tetrazole rings is 1. The Labute approximate surface area is 320 Å². The van der Waals surface area contributed by atoms with Gasteiger partial charge in [0.2, 0.25) is 0 Å². The van der Waals surface area contributed by atoms with Crippen molar-refractivity contribution in [3.05, 3.63) is 106 Å². The van der Waals surface area contributed by atoms with Gasteiger partial charge in [-0.15, -0.1) is 10.2 Å². The van der Waals surface area contributed by atoms with Gasteiger partial charge in [-0.1, -0.05) is 47.1 Å². The first kappa shape index (κ1) is 38.5. The Balaban J connectivity index is 1.17. The van der Waals surface area contributed by atoms with Crippen LogP contribution in [0.5, 0.6) is 23.0 Å². The monoisotopic (exact) mass is 752 g/mol. The number of ether oxygens (including phenoxy) is 4. The highest BCUT2D eigenvalue weighted by atomic mass is 35.5. The Bertz CT molecular complexity index is 2040. The van der Waals surface area contributed by atoms with Gasteiger partial charge in [0.05, 0.1) is 30.4 Å². The number of nitrogens with one attached hydrogen (secondary N) is 1. The van der Waals surface area contributed by atoms with E-state index in [1.807, 2.05) is 49.5 Å². The number of benzene rings is 3. The zero-order valence-electron chi connectivity index (χ0n) is 30.8. The fourth-order valence-corrected chi connectivity index (χ4v) is 6.75. The van der Waals surface area contributed by atoms with Gasteiger partial charge in [0.15, 0.2) is 17.3 Å². The number of aliphatic hydroxyl groups is 1. The van der Waals surface area contributed by atoms with Crippen LogP contribution in [0.15, 0.2) is 67.0 Å². The topological polar surface area (TPSA) is 155 Å². The van der Waals surface area contributed by atoms with E-state index in [0.29, 0.717) is 65.5 Å². The molecule has 0 saturated carbocycles. The molecule has 1 aliphatic heterocycles. The molecule has 14 heteroatoms. The average molecular weight is 753 g/mol. The molecule has 54 heavy (non-hydrogen) atoms. The number of β-amino-alcohol motifs (C(OH)–C–C–N with tert-alkyl or cyclic N) is 1. The van der Waals surface area contributed by atoms with Crippen LogP contribution in [0.4, 0.5) is 0 Å². The Morgan fingerprint density at radius 2 is 1.85 bits per heavy atom. The van der Waals surface area contributed by atoms with Crippen molar-refractivity contribution in [2.45, 2.75) is 52.0 Å². The maximum atomic E-state index is 9.82. The van der Waals surface area contributed by atoms with E-state index in [-0.39, 0.29) is 19.3 Å². The first-order chi connectivity index (χ1) is 26.3. The summed E-state index contributed by atoms with van der Waals surface area (Å²) in [4.78, 5) is 8.56. The number of halogens is 1. The van der Waals surface area contributed by atoms with Gasteiger partial charge in [-0.05, 0) is 61.7 Å². The van der Waals surface area contributed by atoms with Gasteiger partial charge in [0.1, 0.15) is 30.8 Å². The largest absolute Gasteiger partial charge is 0.492 e. The number of nitriles is 1. The summed E-state index contributed by atoms with van der Waals surface area (Å²) >= 11 is 6.86. The van der Waals surface area contributed by atoms with Crippen molar-refractivity contribution in [1.82, 2.24) is 35.4 Å². The van der Waals surface area contributed by atoms with Crippen molar-refractivity contribution in [2.24, 2.45) is 0 Å². The highest BCUT2D eigenvalue weighted by molar-refractivity contribution is 6.32. The van der Waals surface area contributed by atoms with Gasteiger partial charge in [-0.2, -0.15) is 10.5 Å². The van der Waals surface area contributed by atoms with E-state index in [1.165, 1.54) is 6.20 Å². The van der Waals surface area contributed by atoms with Crippen LogP contribution < -0.4 is 18.9 Å². The summed E-state index contributed by atoms with van der Waals surface area (Å²) in [7, 11) is 3.66. The van der Waals surface area contributed by atoms with Crippen LogP contribution in [0.2, 0.25) is 5.02 Å². The lowest BCUT2D eigenvalue weighted by Crippen LogP contribution is -2.24. The minimum Gasteiger partial charge on any atom is -0.492 e. The Kier molecular flexibility index (Phi) is 13.3. The standard InChI is InChI=1S/C40H45ClN8O5/c1-27-30(7-4-8-33(27)34-9-5-10-36(40(34)51-3)52-16-6-13-49-15-11-32(50)24-49)26-54-38-19-37(53-25-29-17-28(20-42)21-43-22-29)31(18-35(38)41)23-48(2)14-12-39-44-46-47-45-39/h4-5,7-10,17-19,21-22,32,50H,6,11-16,23-26H2,1-3H3,(H,44,45,46,47)/t32-/m1/s1. The highest BCUT2D eigenvalue weighted by Crippen LogP contribution is 2.40. The molecule has 3 aromatic carbocycles. The lowest BCUT2D eigenvalue weighted by atomic mass is 9.95. The lowest BCUT2D eigenvalue weighted by Gasteiger charge is -2.21. The van der Waals surface area contributed by atoms with E-state index in [4.69, 9.17) is 30.5 Å². The van der Waals surface area contributed by atoms with E-state index in [1.54, 1.807) is 19.4 Å². The molecule has 5 aromatic rings. The Hall–Kier alpha value is -5.26. The Morgan fingerprint density at radius 1 is 1.02 bits per heavy atom. The molecule has 0 spiro atoms. The average Bonchev–Trinajstić information content (AvgIpc) is 3.87. The van der Waals surface area contributed by atoms with Crippen molar-refractivity contribution in [1.29, 1.82) is 5.26 Å². The third-order valence-corrected chi connectivity index (χ3v) is 9.70. The Morgan fingerprint density at radius 3 is 2.63 bits per heavy atom. The van der Waals surface area contributed by atoms with Crippen molar-refractivity contribution >= 4 is 11.6 Å². The molecule has 1 saturated heterocycles. The predicted octanol–water partition coefficient (Wildman–Crippen LogP) is 5.77. The minimum atomic E-state index is -0.225. The third kappa shape index (κ3) is 10.0. The summed E-state index contributed by atoms with van der Waals surface area (Å²) in [5, 5.41) is 33.8. The van der Waals surface area contributed by atoms with Gasteiger partial charge in [0, 0.05) is 74.3 Å². The summed E-state index contributed by atoms with van der Waals surface area (Å²) in [6.07, 6.45) is 5.28. The summed E-state index contributed by atoms with van der Waals surface area (Å²) in [6.45, 7) is 6.84. The van der Waals surface area contributed by atoms with Gasteiger partial charge >= 0.3 is 0 Å². The first-order valence-electron chi connectivity index (χ1n) is 17.9. The number of likely N-dealkylation sites (N-methyl/N-ethyl adjacent to an activating group) is 1. The van der Waals surface area contributed by atoms with Crippen molar-refractivity contribution < 1.29 is 24.1 Å². The molecule has 13 nitrogen and oxygen atoms in total. The van der Waals surface area contributed by atoms with Crippen molar-refractivity contribution in [2.75, 3.05) is 46.9 Å². The summed E-state index contributed by atoms with van der Waals surface area (Å²) in [5.41, 5.74) is 6.05. The molecule has 3 heterocycles. The number of methoxy groups -OCH3 is 1. The quantitative estimate of drug-likeness (QED) is 0.104. The molecule has 0 aliphatic carbocycles. The number of hydrogen-bond acceptors (Lipinski definition) is 12. The third-order valence-electron chi connectivity index (χ3n) is 9.41. The number of H-pyrrole nitrogens is 1. The van der Waals surface area contributed by atoms with Gasteiger partial charge in [-0.3, -0.25) is 4.98 Å². The molecule has 2 aromatic heterocycles. The fourth-order valence-electron chi connectivity index (χ4n) is 6.51. The van der Waals surface area contributed by atoms with Crippen LogP contribution in [0.3, 0.4) is 0 Å². The van der Waals surface area contributed by atoms with Crippen LogP contribution in [-0.2, 0) is 26.2 Å². The number of rotatable bonds is 18. The molecule has 1 aliphatic rings. The highest BCUT2D eigenvalue weighted by Gasteiger charge is 2.20. The molecular formula is C40H45ClN8O5. The van der Waals surface area contributed by atoms with E-state index >= 15 is 0 Å². The second-order valence-corrected chi connectivity index (χ2v) is 13.8. The zero-order chi connectivity index (χ0) is 37.9. The molecule has 1 atom stereocenters. The lowest BCUT2D eigenvalue weighted by molar-refractivity contribution is 0.172. The number of hydrogen-bond donors (Lipinski definition) is 2. The molecule has 2 N–H and O–H groups in total. The predicted molar refractivity (Wildman–Crippen MR) is 204 cm³/mol. The van der Waals surface area contributed by atoms with E-state index < -0.39 is 0 Å². The zero-order valence-corrected chi connectivity index (χ0v) is 31.6. The van der Waals surface area contributed by atoms with Crippen LogP contribution in [-0.4, -0.2) is 93.6 Å². The van der Waals surface area contributed by atoms with Gasteiger partial charge < -0.3 is 33.9 Å². The summed E-state index contributed by atoms with van der Waals surface area (Å²) < 4.78 is 24.8. The number of pyridine rings is 1. The fraction of sp³-hybridized carbons (Fsp3) is 0.375. The molecule has 1 fully saturated rings. The molecular weight excluding hydrogens is 708 g/mol.